The molecule has 0 aromatic heterocycles. The summed E-state index contributed by atoms with van der Waals surface area (Å²) in [6.07, 6.45) is -6.40. The molecule has 2 saturated heterocycles. The van der Waals surface area contributed by atoms with E-state index in [1.54, 1.807) is 12.1 Å². The zero-order valence-corrected chi connectivity index (χ0v) is 16.9. The number of alkyl halides is 5. The highest BCUT2D eigenvalue weighted by Crippen LogP contribution is 2.33. The number of aldehydes is 1. The highest BCUT2D eigenvalue weighted by atomic mass is 19.4. The lowest BCUT2D eigenvalue weighted by molar-refractivity contribution is -0.178. The minimum absolute atomic E-state index is 0.00174. The van der Waals surface area contributed by atoms with Crippen LogP contribution in [0.4, 0.5) is 26.7 Å². The van der Waals surface area contributed by atoms with E-state index >= 15 is 0 Å². The molecule has 1 aromatic rings. The van der Waals surface area contributed by atoms with Crippen LogP contribution in [0.1, 0.15) is 17.0 Å². The molecule has 1 aromatic carbocycles. The zero-order valence-electron chi connectivity index (χ0n) is 16.9. The number of hydrogen-bond acceptors (Lipinski definition) is 4. The number of benzene rings is 1. The van der Waals surface area contributed by atoms with Gasteiger partial charge in [-0.25, -0.2) is 13.6 Å². The number of likely N-dealkylation sites (N-methyl/N-ethyl adjacent to an activating group) is 1. The van der Waals surface area contributed by atoms with E-state index in [0.717, 1.165) is 10.5 Å². The Bertz CT molecular complexity index is 781. The number of rotatable bonds is 6. The average Bonchev–Trinajstić information content (AvgIpc) is 2.64. The normalized spacial score (nSPS) is 24.1. The van der Waals surface area contributed by atoms with E-state index < -0.39 is 49.8 Å². The van der Waals surface area contributed by atoms with Crippen LogP contribution >= 0.6 is 0 Å². The van der Waals surface area contributed by atoms with Crippen LogP contribution < -0.4 is 5.32 Å². The third-order valence-electron chi connectivity index (χ3n) is 5.59. The fraction of sp³-hybridized carbons (Fsp3) is 0.600. The van der Waals surface area contributed by atoms with Crippen LogP contribution in [-0.2, 0) is 16.0 Å². The van der Waals surface area contributed by atoms with Crippen molar-refractivity contribution >= 4 is 12.3 Å². The van der Waals surface area contributed by atoms with Gasteiger partial charge in [-0.15, -0.1) is 0 Å². The van der Waals surface area contributed by atoms with Gasteiger partial charge in [0.1, 0.15) is 19.0 Å². The molecule has 0 unspecified atom stereocenters. The smallest absolute Gasteiger partial charge is 0.363 e. The van der Waals surface area contributed by atoms with E-state index in [4.69, 9.17) is 4.74 Å². The summed E-state index contributed by atoms with van der Waals surface area (Å²) in [7, 11) is 1.48. The molecule has 31 heavy (non-hydrogen) atoms. The first-order valence-electron chi connectivity index (χ1n) is 9.84. The molecule has 1 N–H and O–H groups in total. The maximum Gasteiger partial charge on any atom is 0.393 e. The summed E-state index contributed by atoms with van der Waals surface area (Å²) in [4.78, 5) is 25.7. The average molecular weight is 449 g/mol. The lowest BCUT2D eigenvalue weighted by atomic mass is 9.90. The Labute approximate surface area is 176 Å². The molecular weight excluding hydrogens is 425 g/mol. The van der Waals surface area contributed by atoms with Gasteiger partial charge in [0, 0.05) is 25.6 Å². The summed E-state index contributed by atoms with van der Waals surface area (Å²) in [6.45, 7) is -0.672. The molecule has 3 rings (SSSR count). The first kappa shape index (κ1) is 23.4. The number of hydrogen-bond donors (Lipinski definition) is 1. The van der Waals surface area contributed by atoms with E-state index in [2.05, 4.69) is 5.32 Å². The minimum atomic E-state index is -4.28. The molecule has 2 fully saturated rings. The number of carbonyl (C=O) groups excluding carboxylic acids is 2. The topological polar surface area (TPSA) is 61.9 Å². The van der Waals surface area contributed by atoms with Crippen LogP contribution in [-0.4, -0.2) is 86.2 Å². The van der Waals surface area contributed by atoms with Gasteiger partial charge >= 0.3 is 12.2 Å². The largest absolute Gasteiger partial charge is 0.393 e. The van der Waals surface area contributed by atoms with E-state index in [9.17, 15) is 31.5 Å². The Morgan fingerprint density at radius 3 is 2.39 bits per heavy atom. The summed E-state index contributed by atoms with van der Waals surface area (Å²) in [5.41, 5.74) is 0.956. The van der Waals surface area contributed by atoms with Gasteiger partial charge in [-0.1, -0.05) is 24.3 Å². The van der Waals surface area contributed by atoms with Crippen molar-refractivity contribution in [2.45, 2.75) is 36.6 Å². The Balaban J connectivity index is 1.57. The SMILES string of the molecule is CN[C@@H]1CN(C(=O)N2CC(c3ccc(CC(F)(F)F)cc3)C2)CC(F)(F)[C@@H]1OCC=O. The van der Waals surface area contributed by atoms with Gasteiger partial charge in [0.15, 0.2) is 0 Å². The van der Waals surface area contributed by atoms with Gasteiger partial charge in [-0.2, -0.15) is 13.2 Å². The molecule has 0 bridgehead atoms. The molecule has 2 amide bonds. The van der Waals surface area contributed by atoms with E-state index in [-0.39, 0.29) is 18.0 Å². The minimum Gasteiger partial charge on any atom is -0.363 e. The molecule has 172 valence electrons. The zero-order chi connectivity index (χ0) is 22.8. The van der Waals surface area contributed by atoms with Crippen LogP contribution in [0.3, 0.4) is 0 Å². The van der Waals surface area contributed by atoms with Gasteiger partial charge < -0.3 is 24.6 Å². The van der Waals surface area contributed by atoms with Crippen LogP contribution in [0.5, 0.6) is 0 Å². The van der Waals surface area contributed by atoms with Crippen molar-refractivity contribution in [3.8, 4) is 0 Å². The lowest BCUT2D eigenvalue weighted by Gasteiger charge is -2.47. The quantitative estimate of drug-likeness (QED) is 0.536. The van der Waals surface area contributed by atoms with Gasteiger partial charge in [-0.05, 0) is 18.2 Å². The van der Waals surface area contributed by atoms with Crippen molar-refractivity contribution in [1.29, 1.82) is 0 Å². The standard InChI is InChI=1S/C20H24F5N3O3/c1-26-16-11-28(12-19(21,22)17(16)31-7-6-29)18(30)27-9-15(10-27)14-4-2-13(3-5-14)8-20(23,24)25/h2-6,15-17,26H,7-12H2,1H3/t16-,17-/m1/s1. The maximum absolute atomic E-state index is 14.5. The molecule has 0 saturated carbocycles. The van der Waals surface area contributed by atoms with Crippen LogP contribution in [0.15, 0.2) is 24.3 Å². The summed E-state index contributed by atoms with van der Waals surface area (Å²) in [5, 5.41) is 2.72. The van der Waals surface area contributed by atoms with Crippen molar-refractivity contribution in [2.75, 3.05) is 39.8 Å². The molecular formula is C20H24F5N3O3. The molecule has 2 aliphatic rings. The first-order valence-corrected chi connectivity index (χ1v) is 9.84. The van der Waals surface area contributed by atoms with Crippen molar-refractivity contribution in [3.05, 3.63) is 35.4 Å². The Morgan fingerprint density at radius 1 is 1.19 bits per heavy atom. The predicted molar refractivity (Wildman–Crippen MR) is 101 cm³/mol. The number of halogens is 5. The first-order chi connectivity index (χ1) is 14.5. The highest BCUT2D eigenvalue weighted by Gasteiger charge is 2.52. The second-order valence-electron chi connectivity index (χ2n) is 7.88. The summed E-state index contributed by atoms with van der Waals surface area (Å²) < 4.78 is 71.5. The highest BCUT2D eigenvalue weighted by molar-refractivity contribution is 5.76. The summed E-state index contributed by atoms with van der Waals surface area (Å²) in [5.74, 6) is -3.39. The van der Waals surface area contributed by atoms with E-state index in [0.29, 0.717) is 19.4 Å². The Morgan fingerprint density at radius 2 is 1.84 bits per heavy atom. The molecule has 0 aliphatic carbocycles. The molecule has 0 radical (unpaired) electrons. The Hall–Kier alpha value is -2.27. The number of likely N-dealkylation sites (tertiary alicyclic amines) is 2. The third-order valence-corrected chi connectivity index (χ3v) is 5.59. The summed E-state index contributed by atoms with van der Waals surface area (Å²) in [6, 6.07) is 4.67. The number of ether oxygens (including phenoxy) is 1. The monoisotopic (exact) mass is 449 g/mol. The number of piperidine rings is 1. The Kier molecular flexibility index (Phi) is 6.85. The number of carbonyl (C=O) groups is 2. The molecule has 0 spiro atoms. The predicted octanol–water partition coefficient (Wildman–Crippen LogP) is 2.43. The van der Waals surface area contributed by atoms with Gasteiger partial charge in [0.2, 0.25) is 0 Å². The number of urea groups is 1. The fourth-order valence-corrected chi connectivity index (χ4v) is 3.99. The van der Waals surface area contributed by atoms with Gasteiger partial charge in [0.05, 0.1) is 19.0 Å². The molecule has 6 nitrogen and oxygen atoms in total. The fourth-order valence-electron chi connectivity index (χ4n) is 3.99. The van der Waals surface area contributed by atoms with Crippen LogP contribution in [0.2, 0.25) is 0 Å². The number of nitrogens with zero attached hydrogens (tertiary/aromatic N) is 2. The molecule has 11 heteroatoms. The van der Waals surface area contributed by atoms with Crippen LogP contribution in [0.25, 0.3) is 0 Å². The lowest BCUT2D eigenvalue weighted by Crippen LogP contribution is -2.67. The maximum atomic E-state index is 14.5. The van der Waals surface area contributed by atoms with E-state index in [1.165, 1.54) is 24.1 Å². The van der Waals surface area contributed by atoms with Crippen molar-refractivity contribution in [1.82, 2.24) is 15.1 Å². The second-order valence-corrected chi connectivity index (χ2v) is 7.88. The van der Waals surface area contributed by atoms with Crippen molar-refractivity contribution in [2.24, 2.45) is 0 Å². The summed E-state index contributed by atoms with van der Waals surface area (Å²) >= 11 is 0. The number of amides is 2. The molecule has 2 atom stereocenters. The second kappa shape index (κ2) is 9.07. The van der Waals surface area contributed by atoms with Crippen molar-refractivity contribution in [3.63, 3.8) is 0 Å². The van der Waals surface area contributed by atoms with E-state index in [1.807, 2.05) is 0 Å². The van der Waals surface area contributed by atoms with Crippen LogP contribution in [0, 0.1) is 0 Å². The third kappa shape index (κ3) is 5.51. The van der Waals surface area contributed by atoms with Gasteiger partial charge in [0.25, 0.3) is 5.92 Å². The number of nitrogens with one attached hydrogen (secondary N) is 1. The van der Waals surface area contributed by atoms with Crippen molar-refractivity contribution < 1.29 is 36.3 Å². The van der Waals surface area contributed by atoms with Gasteiger partial charge in [-0.3, -0.25) is 0 Å². The molecule has 2 aliphatic heterocycles. The molecule has 2 heterocycles.